The molecule has 5 rings (SSSR count). The highest BCUT2D eigenvalue weighted by Gasteiger charge is 2.40. The first-order chi connectivity index (χ1) is 16.3. The molecule has 0 radical (unpaired) electrons. The second kappa shape index (κ2) is 8.37. The summed E-state index contributed by atoms with van der Waals surface area (Å²) in [5.74, 6) is -0.469. The lowest BCUT2D eigenvalue weighted by Crippen LogP contribution is -2.37. The normalized spacial score (nSPS) is 19.9. The molecule has 0 unspecified atom stereocenters. The number of nitriles is 1. The largest absolute Gasteiger partial charge is 0.573 e. The lowest BCUT2D eigenvalue weighted by molar-refractivity contribution is -0.274. The molecule has 1 amide bonds. The highest BCUT2D eigenvalue weighted by Crippen LogP contribution is 2.34. The number of carbonyl (C=O) groups excluding carboxylic acids is 1. The number of aromatic nitrogens is 3. The molecule has 174 valence electrons. The molecular weight excluding hydrogens is 449 g/mol. The van der Waals surface area contributed by atoms with Crippen LogP contribution < -0.4 is 4.74 Å². The molecule has 1 saturated heterocycles. The van der Waals surface area contributed by atoms with Gasteiger partial charge in [0, 0.05) is 24.8 Å². The van der Waals surface area contributed by atoms with Crippen LogP contribution in [0.15, 0.2) is 54.9 Å². The minimum absolute atomic E-state index is 0.0971. The number of carbonyl (C=O) groups is 1. The molecule has 1 aromatic heterocycles. The van der Waals surface area contributed by atoms with Crippen LogP contribution in [-0.4, -0.2) is 55.7 Å². The summed E-state index contributed by atoms with van der Waals surface area (Å²) in [6, 6.07) is 10.7. The van der Waals surface area contributed by atoms with Gasteiger partial charge in [-0.1, -0.05) is 29.5 Å². The Morgan fingerprint density at radius 2 is 2.00 bits per heavy atom. The van der Waals surface area contributed by atoms with Gasteiger partial charge in [-0.15, -0.1) is 18.3 Å². The predicted octanol–water partition coefficient (Wildman–Crippen LogP) is 3.42. The molecule has 8 nitrogen and oxygen atoms in total. The topological polar surface area (TPSA) is 87.3 Å². The fourth-order valence-electron chi connectivity index (χ4n) is 4.63. The number of ether oxygens (including phenoxy) is 1. The van der Waals surface area contributed by atoms with Crippen LogP contribution >= 0.6 is 0 Å². The molecule has 0 N–H and O–H groups in total. The summed E-state index contributed by atoms with van der Waals surface area (Å²) in [5, 5.41) is 17.3. The standard InChI is InChI=1S/C23H19F3N6O2/c24-23(25,26)34-20-3-1-2-15(8-20)16-4-5-17-11-32(22(33)21(17)9-16)19-10-18(30(12-19)14-27)13-31-7-6-28-29-31/h1-9,18-19H,10-13H2/t18-,19+/m0/s1. The maximum atomic E-state index is 13.3. The summed E-state index contributed by atoms with van der Waals surface area (Å²) < 4.78 is 43.4. The Kier molecular flexibility index (Phi) is 5.36. The number of amides is 1. The highest BCUT2D eigenvalue weighted by molar-refractivity contribution is 5.99. The number of rotatable bonds is 5. The van der Waals surface area contributed by atoms with E-state index in [4.69, 9.17) is 0 Å². The number of hydrogen-bond donors (Lipinski definition) is 0. The summed E-state index contributed by atoms with van der Waals surface area (Å²) >= 11 is 0. The van der Waals surface area contributed by atoms with Gasteiger partial charge in [-0.05, 0) is 41.3 Å². The Hall–Kier alpha value is -4.07. The molecule has 3 aromatic rings. The zero-order valence-electron chi connectivity index (χ0n) is 17.8. The third kappa shape index (κ3) is 4.26. The molecule has 3 heterocycles. The summed E-state index contributed by atoms with van der Waals surface area (Å²) in [6.45, 7) is 1.35. The number of alkyl halides is 3. The molecule has 1 fully saturated rings. The smallest absolute Gasteiger partial charge is 0.406 e. The van der Waals surface area contributed by atoms with Gasteiger partial charge in [0.15, 0.2) is 6.19 Å². The third-order valence-electron chi connectivity index (χ3n) is 6.17. The van der Waals surface area contributed by atoms with Gasteiger partial charge in [-0.3, -0.25) is 9.48 Å². The van der Waals surface area contributed by atoms with Crippen molar-refractivity contribution in [3.8, 4) is 23.1 Å². The molecule has 2 atom stereocenters. The van der Waals surface area contributed by atoms with E-state index >= 15 is 0 Å². The Morgan fingerprint density at radius 3 is 2.74 bits per heavy atom. The molecule has 2 aromatic carbocycles. The third-order valence-corrected chi connectivity index (χ3v) is 6.17. The number of likely N-dealkylation sites (tertiary alicyclic amines) is 1. The lowest BCUT2D eigenvalue weighted by atomic mass is 10.0. The van der Waals surface area contributed by atoms with E-state index < -0.39 is 6.36 Å². The van der Waals surface area contributed by atoms with Crippen molar-refractivity contribution in [2.75, 3.05) is 6.54 Å². The van der Waals surface area contributed by atoms with Gasteiger partial charge in [-0.25, -0.2) is 0 Å². The van der Waals surface area contributed by atoms with Crippen molar-refractivity contribution in [1.82, 2.24) is 24.8 Å². The number of benzene rings is 2. The van der Waals surface area contributed by atoms with E-state index in [0.29, 0.717) is 42.7 Å². The van der Waals surface area contributed by atoms with E-state index in [2.05, 4.69) is 21.2 Å². The number of nitrogens with zero attached hydrogens (tertiary/aromatic N) is 6. The van der Waals surface area contributed by atoms with Gasteiger partial charge in [0.1, 0.15) is 5.75 Å². The van der Waals surface area contributed by atoms with E-state index in [0.717, 1.165) is 5.56 Å². The van der Waals surface area contributed by atoms with Crippen LogP contribution in [0, 0.1) is 11.5 Å². The van der Waals surface area contributed by atoms with Gasteiger partial charge < -0.3 is 14.5 Å². The van der Waals surface area contributed by atoms with Crippen LogP contribution in [-0.2, 0) is 13.1 Å². The van der Waals surface area contributed by atoms with Gasteiger partial charge >= 0.3 is 6.36 Å². The quantitative estimate of drug-likeness (QED) is 0.534. The minimum atomic E-state index is -4.78. The molecule has 0 aliphatic carbocycles. The number of fused-ring (bicyclic) bond motifs is 1. The summed E-state index contributed by atoms with van der Waals surface area (Å²) in [5.41, 5.74) is 2.50. The molecule has 11 heteroatoms. The Balaban J connectivity index is 1.34. The molecular formula is C23H19F3N6O2. The number of hydrogen-bond acceptors (Lipinski definition) is 6. The highest BCUT2D eigenvalue weighted by atomic mass is 19.4. The summed E-state index contributed by atoms with van der Waals surface area (Å²) in [7, 11) is 0. The first-order valence-corrected chi connectivity index (χ1v) is 10.6. The Morgan fingerprint density at radius 1 is 1.18 bits per heavy atom. The molecule has 0 saturated carbocycles. The fourth-order valence-corrected chi connectivity index (χ4v) is 4.63. The predicted molar refractivity (Wildman–Crippen MR) is 113 cm³/mol. The minimum Gasteiger partial charge on any atom is -0.406 e. The maximum Gasteiger partial charge on any atom is 0.573 e. The molecule has 2 aliphatic heterocycles. The summed E-state index contributed by atoms with van der Waals surface area (Å²) in [4.78, 5) is 16.7. The second-order valence-corrected chi connectivity index (χ2v) is 8.30. The monoisotopic (exact) mass is 468 g/mol. The molecule has 2 aliphatic rings. The van der Waals surface area contributed by atoms with E-state index in [1.54, 1.807) is 45.1 Å². The zero-order valence-corrected chi connectivity index (χ0v) is 17.8. The van der Waals surface area contributed by atoms with Gasteiger partial charge in [0.05, 0.1) is 24.8 Å². The van der Waals surface area contributed by atoms with E-state index in [-0.39, 0.29) is 23.7 Å². The van der Waals surface area contributed by atoms with Crippen LogP contribution in [0.2, 0.25) is 0 Å². The van der Waals surface area contributed by atoms with Crippen molar-refractivity contribution in [1.29, 1.82) is 5.26 Å². The lowest BCUT2D eigenvalue weighted by Gasteiger charge is -2.23. The van der Waals surface area contributed by atoms with Gasteiger partial charge in [0.25, 0.3) is 5.91 Å². The second-order valence-electron chi connectivity index (χ2n) is 8.30. The molecule has 0 spiro atoms. The molecule has 0 bridgehead atoms. The van der Waals surface area contributed by atoms with Crippen LogP contribution in [0.1, 0.15) is 22.3 Å². The van der Waals surface area contributed by atoms with Crippen LogP contribution in [0.3, 0.4) is 0 Å². The SMILES string of the molecule is N#CN1C[C@H](N2Cc3ccc(-c4cccc(OC(F)(F)F)c4)cc3C2=O)C[C@H]1Cn1ccnn1. The molecule has 34 heavy (non-hydrogen) atoms. The van der Waals surface area contributed by atoms with Crippen molar-refractivity contribution in [2.45, 2.75) is 38.0 Å². The maximum absolute atomic E-state index is 13.3. The van der Waals surface area contributed by atoms with Crippen molar-refractivity contribution >= 4 is 5.91 Å². The Bertz CT molecular complexity index is 1250. The van der Waals surface area contributed by atoms with E-state index in [1.165, 1.54) is 18.2 Å². The van der Waals surface area contributed by atoms with E-state index in [9.17, 15) is 23.2 Å². The van der Waals surface area contributed by atoms with Crippen LogP contribution in [0.4, 0.5) is 13.2 Å². The first-order valence-electron chi connectivity index (χ1n) is 10.6. The average Bonchev–Trinajstić information content (AvgIpc) is 3.52. The van der Waals surface area contributed by atoms with Crippen molar-refractivity contribution in [3.63, 3.8) is 0 Å². The van der Waals surface area contributed by atoms with Gasteiger partial charge in [0.2, 0.25) is 0 Å². The van der Waals surface area contributed by atoms with Crippen molar-refractivity contribution in [2.24, 2.45) is 0 Å². The Labute approximate surface area is 192 Å². The van der Waals surface area contributed by atoms with E-state index in [1.807, 2.05) is 6.07 Å². The fraction of sp³-hybridized carbons (Fsp3) is 0.304. The summed E-state index contributed by atoms with van der Waals surface area (Å²) in [6.07, 6.45) is 1.36. The zero-order chi connectivity index (χ0) is 23.9. The number of halogens is 3. The van der Waals surface area contributed by atoms with Crippen LogP contribution in [0.5, 0.6) is 5.75 Å². The van der Waals surface area contributed by atoms with Crippen molar-refractivity contribution in [3.05, 3.63) is 66.0 Å². The van der Waals surface area contributed by atoms with Crippen LogP contribution in [0.25, 0.3) is 11.1 Å². The van der Waals surface area contributed by atoms with Gasteiger partial charge in [-0.2, -0.15) is 5.26 Å². The van der Waals surface area contributed by atoms with Crippen molar-refractivity contribution < 1.29 is 22.7 Å². The average molecular weight is 468 g/mol. The first kappa shape index (κ1) is 21.8.